The van der Waals surface area contributed by atoms with Crippen LogP contribution in [-0.4, -0.2) is 33.5 Å². The van der Waals surface area contributed by atoms with Crippen LogP contribution in [0.3, 0.4) is 0 Å². The molecule has 2 rings (SSSR count). The van der Waals surface area contributed by atoms with E-state index in [-0.39, 0.29) is 0 Å². The van der Waals surface area contributed by atoms with Gasteiger partial charge in [0.1, 0.15) is 16.6 Å². The highest BCUT2D eigenvalue weighted by Crippen LogP contribution is 2.19. The number of rotatable bonds is 2. The van der Waals surface area contributed by atoms with Gasteiger partial charge < -0.3 is 10.1 Å². The number of fused-ring (bicyclic) bond motifs is 1. The minimum Gasteiger partial charge on any atom is -0.382 e. The maximum Gasteiger partial charge on any atom is 0.169 e. The first-order chi connectivity index (χ1) is 8.65. The summed E-state index contributed by atoms with van der Waals surface area (Å²) < 4.78 is 1.93. The number of nitrogens with two attached hydrogens (primary N) is 1. The molecule has 98 valence electrons. The number of thioether (sulfide) groups is 1. The lowest BCUT2D eigenvalue weighted by atomic mass is 10.4. The van der Waals surface area contributed by atoms with E-state index >= 15 is 0 Å². The molecule has 0 unspecified atom stereocenters. The molecule has 18 heavy (non-hydrogen) atoms. The van der Waals surface area contributed by atoms with Gasteiger partial charge in [0, 0.05) is 19.4 Å². The Kier molecular flexibility index (Phi) is 5.15. The minimum absolute atomic E-state index is 0.434. The number of imidazole rings is 1. The topological polar surface area (TPSA) is 68.6 Å². The van der Waals surface area contributed by atoms with Crippen molar-refractivity contribution in [3.63, 3.8) is 0 Å². The molecule has 0 radical (unpaired) electrons. The standard InChI is InChI=1S/C10H13N5S.C2H6/c1-6-4-15-5-7(8(11)12-2)14-10(16-3)9(15)13-6;1-2/h4-5H,1-3H3,(H2,11,12);1-2H3. The summed E-state index contributed by atoms with van der Waals surface area (Å²) in [6.07, 6.45) is 5.76. The van der Waals surface area contributed by atoms with Crippen LogP contribution in [0, 0.1) is 6.92 Å². The number of aliphatic imine (C=N–C) groups is 1. The maximum atomic E-state index is 5.76. The smallest absolute Gasteiger partial charge is 0.169 e. The van der Waals surface area contributed by atoms with Gasteiger partial charge in [0.15, 0.2) is 5.65 Å². The normalized spacial score (nSPS) is 11.3. The van der Waals surface area contributed by atoms with Crippen LogP contribution in [0.4, 0.5) is 0 Å². The molecule has 0 saturated carbocycles. The molecule has 0 aliphatic heterocycles. The molecule has 0 fully saturated rings. The molecule has 0 aromatic carbocycles. The molecule has 0 saturated heterocycles. The van der Waals surface area contributed by atoms with Gasteiger partial charge in [-0.2, -0.15) is 0 Å². The average Bonchev–Trinajstić information content (AvgIpc) is 2.79. The van der Waals surface area contributed by atoms with Crippen molar-refractivity contribution >= 4 is 23.2 Å². The van der Waals surface area contributed by atoms with Gasteiger partial charge in [-0.05, 0) is 13.2 Å². The molecule has 2 N–H and O–H groups in total. The molecule has 0 spiro atoms. The third-order valence-electron chi connectivity index (χ3n) is 2.22. The van der Waals surface area contributed by atoms with Crippen molar-refractivity contribution in [2.75, 3.05) is 13.3 Å². The van der Waals surface area contributed by atoms with E-state index in [1.54, 1.807) is 18.8 Å². The summed E-state index contributed by atoms with van der Waals surface area (Å²) in [5, 5.41) is 0.859. The molecule has 0 bridgehead atoms. The van der Waals surface area contributed by atoms with E-state index in [1.165, 1.54) is 0 Å². The van der Waals surface area contributed by atoms with Crippen molar-refractivity contribution in [3.05, 3.63) is 23.8 Å². The molecular weight excluding hydrogens is 246 g/mol. The van der Waals surface area contributed by atoms with E-state index in [0.29, 0.717) is 11.5 Å². The summed E-state index contributed by atoms with van der Waals surface area (Å²) in [4.78, 5) is 12.8. The minimum atomic E-state index is 0.434. The number of hydrogen-bond donors (Lipinski definition) is 1. The van der Waals surface area contributed by atoms with Gasteiger partial charge in [0.25, 0.3) is 0 Å². The van der Waals surface area contributed by atoms with Crippen LogP contribution in [-0.2, 0) is 0 Å². The van der Waals surface area contributed by atoms with Gasteiger partial charge in [-0.15, -0.1) is 11.8 Å². The number of amidine groups is 1. The number of aryl methyl sites for hydroxylation is 1. The Morgan fingerprint density at radius 3 is 2.56 bits per heavy atom. The van der Waals surface area contributed by atoms with Crippen molar-refractivity contribution in [1.29, 1.82) is 0 Å². The second-order valence-corrected chi connectivity index (χ2v) is 4.15. The van der Waals surface area contributed by atoms with Crippen molar-refractivity contribution in [2.45, 2.75) is 25.8 Å². The molecule has 2 aromatic rings. The van der Waals surface area contributed by atoms with Crippen molar-refractivity contribution in [1.82, 2.24) is 14.4 Å². The van der Waals surface area contributed by atoms with Gasteiger partial charge in [-0.25, -0.2) is 9.97 Å². The van der Waals surface area contributed by atoms with E-state index in [1.807, 2.05) is 43.8 Å². The fourth-order valence-electron chi connectivity index (χ4n) is 1.47. The van der Waals surface area contributed by atoms with Crippen molar-refractivity contribution < 1.29 is 0 Å². The number of hydrogen-bond acceptors (Lipinski definition) is 4. The first kappa shape index (κ1) is 14.5. The van der Waals surface area contributed by atoms with Gasteiger partial charge in [-0.1, -0.05) is 13.8 Å². The third-order valence-corrected chi connectivity index (χ3v) is 2.88. The van der Waals surface area contributed by atoms with Gasteiger partial charge in [0.2, 0.25) is 0 Å². The van der Waals surface area contributed by atoms with Crippen LogP contribution in [0.5, 0.6) is 0 Å². The number of nitrogens with zero attached hydrogens (tertiary/aromatic N) is 4. The molecule has 0 aliphatic carbocycles. The Morgan fingerprint density at radius 1 is 1.33 bits per heavy atom. The Balaban J connectivity index is 0.000000771. The highest BCUT2D eigenvalue weighted by Gasteiger charge is 2.09. The van der Waals surface area contributed by atoms with Crippen LogP contribution in [0.1, 0.15) is 25.2 Å². The van der Waals surface area contributed by atoms with E-state index in [4.69, 9.17) is 5.73 Å². The second-order valence-electron chi connectivity index (χ2n) is 3.36. The zero-order valence-corrected chi connectivity index (χ0v) is 12.2. The van der Waals surface area contributed by atoms with E-state index in [0.717, 1.165) is 16.4 Å². The Bertz CT molecular complexity index is 559. The Labute approximate surface area is 112 Å². The molecule has 5 nitrogen and oxygen atoms in total. The fraction of sp³-hybridized carbons (Fsp3) is 0.417. The summed E-state index contributed by atoms with van der Waals surface area (Å²) in [7, 11) is 1.65. The van der Waals surface area contributed by atoms with Crippen LogP contribution in [0.15, 0.2) is 22.4 Å². The molecule has 2 aromatic heterocycles. The van der Waals surface area contributed by atoms with Crippen molar-refractivity contribution in [3.8, 4) is 0 Å². The first-order valence-corrected chi connectivity index (χ1v) is 7.01. The largest absolute Gasteiger partial charge is 0.382 e. The predicted molar refractivity (Wildman–Crippen MR) is 77.5 cm³/mol. The van der Waals surface area contributed by atoms with Crippen molar-refractivity contribution in [2.24, 2.45) is 10.7 Å². The highest BCUT2D eigenvalue weighted by atomic mass is 32.2. The van der Waals surface area contributed by atoms with Crippen LogP contribution < -0.4 is 5.73 Å². The summed E-state index contributed by atoms with van der Waals surface area (Å²) >= 11 is 1.55. The monoisotopic (exact) mass is 265 g/mol. The lowest BCUT2D eigenvalue weighted by Gasteiger charge is -2.04. The molecule has 0 atom stereocenters. The van der Waals surface area contributed by atoms with Crippen LogP contribution in [0.2, 0.25) is 0 Å². The quantitative estimate of drug-likeness (QED) is 0.513. The zero-order valence-electron chi connectivity index (χ0n) is 11.4. The van der Waals surface area contributed by atoms with Gasteiger partial charge >= 0.3 is 0 Å². The maximum absolute atomic E-state index is 5.76. The van der Waals surface area contributed by atoms with Crippen LogP contribution >= 0.6 is 11.8 Å². The SMILES string of the molecule is CC.CN=C(N)c1cn2cc(C)nc2c(SC)n1. The molecule has 0 aliphatic rings. The molecular formula is C12H19N5S. The van der Waals surface area contributed by atoms with Gasteiger partial charge in [-0.3, -0.25) is 4.99 Å². The lowest BCUT2D eigenvalue weighted by molar-refractivity contribution is 1.02. The molecule has 6 heteroatoms. The predicted octanol–water partition coefficient (Wildman–Crippen LogP) is 2.12. The first-order valence-electron chi connectivity index (χ1n) is 5.78. The number of aromatic nitrogens is 3. The highest BCUT2D eigenvalue weighted by molar-refractivity contribution is 7.98. The summed E-state index contributed by atoms with van der Waals surface area (Å²) in [5.41, 5.74) is 8.26. The zero-order chi connectivity index (χ0) is 13.7. The van der Waals surface area contributed by atoms with E-state index in [2.05, 4.69) is 15.0 Å². The molecule has 0 amide bonds. The lowest BCUT2D eigenvalue weighted by Crippen LogP contribution is -2.16. The fourth-order valence-corrected chi connectivity index (χ4v) is 1.99. The summed E-state index contributed by atoms with van der Waals surface area (Å²) in [6.45, 7) is 5.95. The van der Waals surface area contributed by atoms with E-state index in [9.17, 15) is 0 Å². The van der Waals surface area contributed by atoms with Crippen LogP contribution in [0.25, 0.3) is 5.65 Å². The Morgan fingerprint density at radius 2 is 2.00 bits per heavy atom. The van der Waals surface area contributed by atoms with E-state index < -0.39 is 0 Å². The summed E-state index contributed by atoms with van der Waals surface area (Å²) in [5.74, 6) is 0.434. The van der Waals surface area contributed by atoms with Gasteiger partial charge in [0.05, 0.1) is 5.69 Å². The summed E-state index contributed by atoms with van der Waals surface area (Å²) in [6, 6.07) is 0. The average molecular weight is 265 g/mol. The third kappa shape index (κ3) is 2.81. The molecule has 2 heterocycles. The second kappa shape index (κ2) is 6.39. The Hall–Kier alpha value is -1.56.